The Bertz CT molecular complexity index is 1360. The minimum Gasteiger partial charge on any atom is -0.497 e. The van der Waals surface area contributed by atoms with Crippen LogP contribution in [0.1, 0.15) is 22.3 Å². The molecule has 1 unspecified atom stereocenters. The van der Waals surface area contributed by atoms with Crippen LogP contribution in [0.15, 0.2) is 65.7 Å². The van der Waals surface area contributed by atoms with Crippen molar-refractivity contribution in [2.45, 2.75) is 12.0 Å². The van der Waals surface area contributed by atoms with Crippen molar-refractivity contribution in [3.05, 3.63) is 82.9 Å². The second-order valence-electron chi connectivity index (χ2n) is 8.07. The van der Waals surface area contributed by atoms with E-state index in [4.69, 9.17) is 20.2 Å². The maximum absolute atomic E-state index is 13.6. The van der Waals surface area contributed by atoms with E-state index in [1.807, 2.05) is 48.5 Å². The molecule has 7 nitrogen and oxygen atoms in total. The van der Waals surface area contributed by atoms with E-state index in [1.165, 1.54) is 4.90 Å². The molecule has 2 aliphatic rings. The van der Waals surface area contributed by atoms with E-state index < -0.39 is 5.54 Å². The number of nitrogens with two attached hydrogens (primary N) is 1. The number of ether oxygens (including phenoxy) is 2. The Balaban J connectivity index is 0.00000274. The average Bonchev–Trinajstić information content (AvgIpc) is 3.42. The van der Waals surface area contributed by atoms with Gasteiger partial charge in [0.2, 0.25) is 0 Å². The number of carbonyl (C=O) groups excluding carboxylic acids is 1. The first-order valence-corrected chi connectivity index (χ1v) is 10.6. The SMILES string of the molecule is COc1ccc(C#N)c(-c2cccc(C3(c4ccc5c(c4)CCO5)N=C(N)N(C)C3=O)c2)c1.Cl. The van der Waals surface area contributed by atoms with E-state index in [0.29, 0.717) is 29.0 Å². The first-order chi connectivity index (χ1) is 16.0. The topological polar surface area (TPSA) is 101 Å². The van der Waals surface area contributed by atoms with Crippen LogP contribution in [0.25, 0.3) is 11.1 Å². The van der Waals surface area contributed by atoms with Crippen molar-refractivity contribution in [3.8, 4) is 28.7 Å². The predicted molar refractivity (Wildman–Crippen MR) is 131 cm³/mol. The lowest BCUT2D eigenvalue weighted by molar-refractivity contribution is -0.129. The van der Waals surface area contributed by atoms with Crippen molar-refractivity contribution in [1.82, 2.24) is 4.90 Å². The van der Waals surface area contributed by atoms with Crippen molar-refractivity contribution in [2.24, 2.45) is 10.7 Å². The number of benzene rings is 3. The van der Waals surface area contributed by atoms with Gasteiger partial charge in [-0.2, -0.15) is 5.26 Å². The number of hydrogen-bond donors (Lipinski definition) is 1. The summed E-state index contributed by atoms with van der Waals surface area (Å²) >= 11 is 0. The van der Waals surface area contributed by atoms with Gasteiger partial charge >= 0.3 is 0 Å². The summed E-state index contributed by atoms with van der Waals surface area (Å²) in [4.78, 5) is 19.7. The molecule has 0 aliphatic carbocycles. The predicted octanol–water partition coefficient (Wildman–Crippen LogP) is 3.62. The minimum absolute atomic E-state index is 0. The average molecular weight is 475 g/mol. The number of carbonyl (C=O) groups is 1. The number of aliphatic imine (C=N–C) groups is 1. The largest absolute Gasteiger partial charge is 0.497 e. The van der Waals surface area contributed by atoms with Crippen LogP contribution in [0.4, 0.5) is 0 Å². The van der Waals surface area contributed by atoms with Crippen molar-refractivity contribution >= 4 is 24.3 Å². The fourth-order valence-electron chi connectivity index (χ4n) is 4.49. The maximum atomic E-state index is 13.6. The smallest absolute Gasteiger partial charge is 0.266 e. The van der Waals surface area contributed by atoms with Gasteiger partial charge in [-0.3, -0.25) is 9.69 Å². The molecule has 0 spiro atoms. The van der Waals surface area contributed by atoms with Crippen LogP contribution in [0, 0.1) is 11.3 Å². The zero-order valence-electron chi connectivity index (χ0n) is 18.7. The lowest BCUT2D eigenvalue weighted by Crippen LogP contribution is -2.41. The number of nitrogens with zero attached hydrogens (tertiary/aromatic N) is 3. The molecule has 0 saturated carbocycles. The standard InChI is InChI=1S/C26H22N4O3.ClH/c1-30-24(31)26(29-25(30)28,20-7-9-23-17(13-20)10-11-33-23)19-5-3-4-16(12-19)22-14-21(32-2)8-6-18(22)15-27;/h3-9,12-14H,10-11H2,1-2H3,(H2,28,29);1H. The van der Waals surface area contributed by atoms with Crippen LogP contribution >= 0.6 is 12.4 Å². The van der Waals surface area contributed by atoms with Crippen molar-refractivity contribution in [2.75, 3.05) is 20.8 Å². The van der Waals surface area contributed by atoms with Gasteiger partial charge in [0.25, 0.3) is 5.91 Å². The summed E-state index contributed by atoms with van der Waals surface area (Å²) in [5.74, 6) is 1.39. The van der Waals surface area contributed by atoms with Gasteiger partial charge in [-0.1, -0.05) is 24.3 Å². The molecule has 1 atom stereocenters. The number of likely N-dealkylation sites (N-methyl/N-ethyl adjacent to an activating group) is 1. The van der Waals surface area contributed by atoms with Crippen molar-refractivity contribution in [1.29, 1.82) is 5.26 Å². The van der Waals surface area contributed by atoms with Gasteiger partial charge in [-0.15, -0.1) is 12.4 Å². The van der Waals surface area contributed by atoms with E-state index in [0.717, 1.165) is 28.9 Å². The quantitative estimate of drug-likeness (QED) is 0.622. The summed E-state index contributed by atoms with van der Waals surface area (Å²) in [7, 11) is 3.21. The number of guanidine groups is 1. The third-order valence-electron chi connectivity index (χ3n) is 6.29. The van der Waals surface area contributed by atoms with Gasteiger partial charge in [0.15, 0.2) is 11.5 Å². The summed E-state index contributed by atoms with van der Waals surface area (Å²) in [6.45, 7) is 0.618. The van der Waals surface area contributed by atoms with Gasteiger partial charge < -0.3 is 15.2 Å². The highest BCUT2D eigenvalue weighted by atomic mass is 35.5. The molecule has 2 heterocycles. The number of hydrogen-bond acceptors (Lipinski definition) is 6. The highest BCUT2D eigenvalue weighted by Crippen LogP contribution is 2.42. The molecule has 34 heavy (non-hydrogen) atoms. The lowest BCUT2D eigenvalue weighted by Gasteiger charge is -2.27. The number of fused-ring (bicyclic) bond motifs is 1. The van der Waals surface area contributed by atoms with E-state index in [9.17, 15) is 10.1 Å². The Kier molecular flexibility index (Phi) is 5.94. The molecule has 0 saturated heterocycles. The summed E-state index contributed by atoms with van der Waals surface area (Å²) in [6.07, 6.45) is 0.776. The second kappa shape index (κ2) is 8.73. The van der Waals surface area contributed by atoms with Crippen LogP contribution in [0.3, 0.4) is 0 Å². The maximum Gasteiger partial charge on any atom is 0.266 e. The summed E-state index contributed by atoms with van der Waals surface area (Å²) < 4.78 is 11.0. The van der Waals surface area contributed by atoms with E-state index in [2.05, 4.69) is 6.07 Å². The molecule has 2 aliphatic heterocycles. The highest BCUT2D eigenvalue weighted by Gasteiger charge is 2.49. The normalized spacial score (nSPS) is 18.4. The van der Waals surface area contributed by atoms with Crippen LogP contribution in [0.5, 0.6) is 11.5 Å². The second-order valence-corrected chi connectivity index (χ2v) is 8.07. The van der Waals surface area contributed by atoms with E-state index in [1.54, 1.807) is 26.3 Å². The van der Waals surface area contributed by atoms with Crippen LogP contribution in [-0.2, 0) is 16.8 Å². The van der Waals surface area contributed by atoms with Gasteiger partial charge in [0, 0.05) is 19.0 Å². The summed E-state index contributed by atoms with van der Waals surface area (Å²) in [5, 5.41) is 9.65. The molecular formula is C26H23ClN4O3. The molecule has 0 bridgehead atoms. The fourth-order valence-corrected chi connectivity index (χ4v) is 4.49. The molecule has 3 aromatic rings. The molecular weight excluding hydrogens is 452 g/mol. The Labute approximate surface area is 203 Å². The van der Waals surface area contributed by atoms with Gasteiger partial charge in [0.1, 0.15) is 11.5 Å². The number of rotatable bonds is 4. The molecule has 0 radical (unpaired) electrons. The molecule has 0 aromatic heterocycles. The first-order valence-electron chi connectivity index (χ1n) is 10.6. The zero-order valence-corrected chi connectivity index (χ0v) is 19.6. The Morgan fingerprint density at radius 2 is 1.94 bits per heavy atom. The van der Waals surface area contributed by atoms with E-state index in [-0.39, 0.29) is 24.3 Å². The first kappa shape index (κ1) is 23.1. The number of halogens is 1. The van der Waals surface area contributed by atoms with Gasteiger partial charge in [0.05, 0.1) is 25.3 Å². The number of methoxy groups -OCH3 is 1. The lowest BCUT2D eigenvalue weighted by atomic mass is 9.80. The molecule has 1 amide bonds. The van der Waals surface area contributed by atoms with Crippen molar-refractivity contribution in [3.63, 3.8) is 0 Å². The molecule has 0 fully saturated rings. The Hall–Kier alpha value is -4.02. The molecule has 5 rings (SSSR count). The zero-order chi connectivity index (χ0) is 23.2. The van der Waals surface area contributed by atoms with Crippen LogP contribution in [0.2, 0.25) is 0 Å². The molecule has 172 valence electrons. The fraction of sp³-hybridized carbons (Fsp3) is 0.192. The third-order valence-corrected chi connectivity index (χ3v) is 6.29. The van der Waals surface area contributed by atoms with Gasteiger partial charge in [-0.25, -0.2) is 4.99 Å². The van der Waals surface area contributed by atoms with Gasteiger partial charge in [-0.05, 0) is 58.7 Å². The monoisotopic (exact) mass is 474 g/mol. The third kappa shape index (κ3) is 3.44. The highest BCUT2D eigenvalue weighted by molar-refractivity contribution is 6.09. The number of amides is 1. The Morgan fingerprint density at radius 3 is 2.65 bits per heavy atom. The van der Waals surface area contributed by atoms with Crippen molar-refractivity contribution < 1.29 is 14.3 Å². The molecule has 2 N–H and O–H groups in total. The minimum atomic E-state index is -1.32. The number of nitriles is 1. The van der Waals surface area contributed by atoms with Crippen LogP contribution < -0.4 is 15.2 Å². The van der Waals surface area contributed by atoms with Crippen LogP contribution in [-0.4, -0.2) is 37.5 Å². The Morgan fingerprint density at radius 1 is 1.15 bits per heavy atom. The summed E-state index contributed by atoms with van der Waals surface area (Å²) in [5.41, 5.74) is 9.26. The molecule has 3 aromatic carbocycles. The van der Waals surface area contributed by atoms with E-state index >= 15 is 0 Å². The molecule has 8 heteroatoms. The summed E-state index contributed by atoms with van der Waals surface area (Å²) in [6, 6.07) is 20.8.